The highest BCUT2D eigenvalue weighted by molar-refractivity contribution is 5.76. The molecule has 0 radical (unpaired) electrons. The minimum atomic E-state index is 0.152. The van der Waals surface area contributed by atoms with Crippen LogP contribution in [0.15, 0.2) is 18.2 Å². The Hall–Kier alpha value is -1.71. The van der Waals surface area contributed by atoms with E-state index in [1.54, 1.807) is 0 Å². The van der Waals surface area contributed by atoms with Crippen LogP contribution in [0.2, 0.25) is 0 Å². The molecule has 1 aromatic rings. The molecule has 0 unspecified atom stereocenters. The van der Waals surface area contributed by atoms with Crippen LogP contribution in [0.25, 0.3) is 0 Å². The van der Waals surface area contributed by atoms with Gasteiger partial charge in [-0.15, -0.1) is 0 Å². The second-order valence-corrected chi connectivity index (χ2v) is 5.70. The summed E-state index contributed by atoms with van der Waals surface area (Å²) >= 11 is 0. The number of nitrogens with one attached hydrogen (secondary N) is 1. The van der Waals surface area contributed by atoms with Gasteiger partial charge in [-0.2, -0.15) is 0 Å². The van der Waals surface area contributed by atoms with Gasteiger partial charge in [0.2, 0.25) is 5.91 Å². The third-order valence-corrected chi connectivity index (χ3v) is 3.97. The zero-order valence-electron chi connectivity index (χ0n) is 13.7. The van der Waals surface area contributed by atoms with E-state index in [2.05, 4.69) is 5.32 Å². The fraction of sp³-hybridized carbons (Fsp3) is 0.611. The summed E-state index contributed by atoms with van der Waals surface area (Å²) < 4.78 is 11.2. The van der Waals surface area contributed by atoms with Gasteiger partial charge in [-0.25, -0.2) is 0 Å². The van der Waals surface area contributed by atoms with Crippen molar-refractivity contribution in [3.63, 3.8) is 0 Å². The van der Waals surface area contributed by atoms with Gasteiger partial charge in [-0.3, -0.25) is 4.79 Å². The number of ether oxygens (including phenoxy) is 2. The van der Waals surface area contributed by atoms with E-state index >= 15 is 0 Å². The largest absolute Gasteiger partial charge is 0.490 e. The Morgan fingerprint density at radius 1 is 1.14 bits per heavy atom. The van der Waals surface area contributed by atoms with Crippen molar-refractivity contribution < 1.29 is 14.3 Å². The lowest BCUT2D eigenvalue weighted by Crippen LogP contribution is -2.32. The second kappa shape index (κ2) is 8.66. The van der Waals surface area contributed by atoms with E-state index < -0.39 is 0 Å². The van der Waals surface area contributed by atoms with Crippen molar-refractivity contribution in [2.75, 3.05) is 13.2 Å². The molecule has 4 heteroatoms. The molecule has 1 N–H and O–H groups in total. The molecule has 1 fully saturated rings. The molecular weight excluding hydrogens is 278 g/mol. The van der Waals surface area contributed by atoms with Crippen molar-refractivity contribution >= 4 is 5.91 Å². The van der Waals surface area contributed by atoms with Gasteiger partial charge in [-0.1, -0.05) is 18.9 Å². The van der Waals surface area contributed by atoms with Gasteiger partial charge >= 0.3 is 0 Å². The molecule has 0 atom stereocenters. The van der Waals surface area contributed by atoms with Crippen LogP contribution in [-0.2, 0) is 11.2 Å². The van der Waals surface area contributed by atoms with Crippen LogP contribution in [0.5, 0.6) is 11.5 Å². The van der Waals surface area contributed by atoms with E-state index in [4.69, 9.17) is 9.47 Å². The first-order valence-corrected chi connectivity index (χ1v) is 8.40. The summed E-state index contributed by atoms with van der Waals surface area (Å²) in [6, 6.07) is 6.32. The monoisotopic (exact) mass is 305 g/mol. The Kier molecular flexibility index (Phi) is 6.56. The van der Waals surface area contributed by atoms with Gasteiger partial charge in [-0.05, 0) is 50.8 Å². The summed E-state index contributed by atoms with van der Waals surface area (Å²) in [5, 5.41) is 3.13. The molecular formula is C18H27NO3. The van der Waals surface area contributed by atoms with E-state index in [9.17, 15) is 4.79 Å². The van der Waals surface area contributed by atoms with E-state index in [-0.39, 0.29) is 5.91 Å². The molecule has 22 heavy (non-hydrogen) atoms. The van der Waals surface area contributed by atoms with E-state index in [0.29, 0.717) is 25.7 Å². The van der Waals surface area contributed by atoms with Crippen LogP contribution in [-0.4, -0.2) is 25.2 Å². The SMILES string of the molecule is CCOc1ccc(CCC(=O)NC2CCCC2)cc1OCC. The van der Waals surface area contributed by atoms with Gasteiger partial charge in [0.05, 0.1) is 13.2 Å². The van der Waals surface area contributed by atoms with Crippen molar-refractivity contribution in [1.29, 1.82) is 0 Å². The molecule has 0 spiro atoms. The highest BCUT2D eigenvalue weighted by atomic mass is 16.5. The molecule has 4 nitrogen and oxygen atoms in total. The van der Waals surface area contributed by atoms with Gasteiger partial charge < -0.3 is 14.8 Å². The molecule has 0 bridgehead atoms. The standard InChI is InChI=1S/C18H27NO3/c1-3-21-16-11-9-14(13-17(16)22-4-2)10-12-18(20)19-15-7-5-6-8-15/h9,11,13,15H,3-8,10,12H2,1-2H3,(H,19,20). The van der Waals surface area contributed by atoms with Crippen molar-refractivity contribution in [3.05, 3.63) is 23.8 Å². The summed E-state index contributed by atoms with van der Waals surface area (Å²) in [7, 11) is 0. The lowest BCUT2D eigenvalue weighted by molar-refractivity contribution is -0.121. The van der Waals surface area contributed by atoms with Crippen molar-refractivity contribution in [1.82, 2.24) is 5.32 Å². The maximum absolute atomic E-state index is 12.0. The summed E-state index contributed by atoms with van der Waals surface area (Å²) in [5.74, 6) is 1.68. The molecule has 2 rings (SSSR count). The maximum Gasteiger partial charge on any atom is 0.220 e. The van der Waals surface area contributed by atoms with Crippen LogP contribution in [0.4, 0.5) is 0 Å². The zero-order chi connectivity index (χ0) is 15.8. The molecule has 0 saturated heterocycles. The maximum atomic E-state index is 12.0. The van der Waals surface area contributed by atoms with Gasteiger partial charge in [0.1, 0.15) is 0 Å². The average molecular weight is 305 g/mol. The first-order chi connectivity index (χ1) is 10.7. The number of hydrogen-bond donors (Lipinski definition) is 1. The Labute approximate surface area is 133 Å². The summed E-state index contributed by atoms with van der Waals surface area (Å²) in [6.07, 6.45) is 5.98. The molecule has 0 aromatic heterocycles. The van der Waals surface area contributed by atoms with Crippen LogP contribution in [0.3, 0.4) is 0 Å². The smallest absolute Gasteiger partial charge is 0.220 e. The molecule has 1 saturated carbocycles. The lowest BCUT2D eigenvalue weighted by atomic mass is 10.1. The molecule has 0 aliphatic heterocycles. The molecule has 1 aliphatic carbocycles. The predicted octanol–water partition coefficient (Wildman–Crippen LogP) is 3.48. The fourth-order valence-corrected chi connectivity index (χ4v) is 2.88. The van der Waals surface area contributed by atoms with E-state index in [0.717, 1.165) is 36.3 Å². The van der Waals surface area contributed by atoms with Crippen LogP contribution < -0.4 is 14.8 Å². The lowest BCUT2D eigenvalue weighted by Gasteiger charge is -2.13. The molecule has 122 valence electrons. The molecule has 1 aliphatic rings. The van der Waals surface area contributed by atoms with Gasteiger partial charge in [0, 0.05) is 12.5 Å². The Balaban J connectivity index is 1.88. The number of aryl methyl sites for hydroxylation is 1. The molecule has 0 heterocycles. The van der Waals surface area contributed by atoms with Crippen LogP contribution >= 0.6 is 0 Å². The number of hydrogen-bond acceptors (Lipinski definition) is 3. The molecule has 1 aromatic carbocycles. The minimum Gasteiger partial charge on any atom is -0.490 e. The third kappa shape index (κ3) is 4.93. The highest BCUT2D eigenvalue weighted by Crippen LogP contribution is 2.29. The first kappa shape index (κ1) is 16.7. The Morgan fingerprint density at radius 3 is 2.50 bits per heavy atom. The van der Waals surface area contributed by atoms with Crippen molar-refractivity contribution in [2.24, 2.45) is 0 Å². The number of rotatable bonds is 8. The van der Waals surface area contributed by atoms with E-state index in [1.165, 1.54) is 12.8 Å². The third-order valence-electron chi connectivity index (χ3n) is 3.97. The topological polar surface area (TPSA) is 47.6 Å². The minimum absolute atomic E-state index is 0.152. The van der Waals surface area contributed by atoms with Crippen LogP contribution in [0.1, 0.15) is 51.5 Å². The normalized spacial score (nSPS) is 14.8. The summed E-state index contributed by atoms with van der Waals surface area (Å²) in [5.41, 5.74) is 1.11. The average Bonchev–Trinajstić information content (AvgIpc) is 3.01. The molecule has 1 amide bonds. The highest BCUT2D eigenvalue weighted by Gasteiger charge is 2.17. The van der Waals surface area contributed by atoms with Gasteiger partial charge in [0.25, 0.3) is 0 Å². The summed E-state index contributed by atoms with van der Waals surface area (Å²) in [6.45, 7) is 5.13. The number of carbonyl (C=O) groups is 1. The Bertz CT molecular complexity index is 481. The number of carbonyl (C=O) groups excluding carboxylic acids is 1. The van der Waals surface area contributed by atoms with Gasteiger partial charge in [0.15, 0.2) is 11.5 Å². The van der Waals surface area contributed by atoms with Crippen LogP contribution in [0, 0.1) is 0 Å². The van der Waals surface area contributed by atoms with Crippen molar-refractivity contribution in [3.8, 4) is 11.5 Å². The summed E-state index contributed by atoms with van der Waals surface area (Å²) in [4.78, 5) is 12.0. The number of benzene rings is 1. The predicted molar refractivity (Wildman–Crippen MR) is 87.5 cm³/mol. The van der Waals surface area contributed by atoms with Crippen molar-refractivity contribution in [2.45, 2.75) is 58.4 Å². The fourth-order valence-electron chi connectivity index (χ4n) is 2.88. The number of amides is 1. The first-order valence-electron chi connectivity index (χ1n) is 8.40. The quantitative estimate of drug-likeness (QED) is 0.800. The second-order valence-electron chi connectivity index (χ2n) is 5.70. The zero-order valence-corrected chi connectivity index (χ0v) is 13.7. The van der Waals surface area contributed by atoms with E-state index in [1.807, 2.05) is 32.0 Å². The Morgan fingerprint density at radius 2 is 1.82 bits per heavy atom.